The second-order valence-electron chi connectivity index (χ2n) is 7.10. The van der Waals surface area contributed by atoms with E-state index < -0.39 is 0 Å². The lowest BCUT2D eigenvalue weighted by molar-refractivity contribution is -0.0498. The van der Waals surface area contributed by atoms with Crippen LogP contribution in [0.1, 0.15) is 44.9 Å². The van der Waals surface area contributed by atoms with Gasteiger partial charge >= 0.3 is 6.03 Å². The number of amides is 2. The zero-order valence-electron chi connectivity index (χ0n) is 11.7. The van der Waals surface area contributed by atoms with Crippen LogP contribution in [0.5, 0.6) is 0 Å². The number of aliphatic hydroxyl groups is 1. The molecule has 4 nitrogen and oxygen atoms in total. The molecule has 0 aliphatic heterocycles. The lowest BCUT2D eigenvalue weighted by atomic mass is 9.49. The average Bonchev–Trinajstić information content (AvgIpc) is 2.35. The van der Waals surface area contributed by atoms with Gasteiger partial charge < -0.3 is 15.7 Å². The Hall–Kier alpha value is -0.770. The van der Waals surface area contributed by atoms with E-state index in [1.165, 1.54) is 38.5 Å². The highest BCUT2D eigenvalue weighted by Crippen LogP contribution is 2.59. The highest BCUT2D eigenvalue weighted by Gasteiger charge is 2.50. The highest BCUT2D eigenvalue weighted by atomic mass is 16.3. The van der Waals surface area contributed by atoms with Crippen molar-refractivity contribution < 1.29 is 9.90 Å². The molecule has 0 unspecified atom stereocenters. The summed E-state index contributed by atoms with van der Waals surface area (Å²) in [5, 5.41) is 14.6. The summed E-state index contributed by atoms with van der Waals surface area (Å²) in [6.07, 6.45) is 8.96. The molecule has 4 fully saturated rings. The predicted molar refractivity (Wildman–Crippen MR) is 73.7 cm³/mol. The maximum absolute atomic E-state index is 11.7. The maximum Gasteiger partial charge on any atom is 0.314 e. The number of carbonyl (C=O) groups excluding carboxylic acids is 1. The Morgan fingerprint density at radius 2 is 1.63 bits per heavy atom. The van der Waals surface area contributed by atoms with Crippen LogP contribution in [-0.4, -0.2) is 30.8 Å². The number of rotatable bonds is 5. The molecular weight excluding hydrogens is 240 g/mol. The van der Waals surface area contributed by atoms with Crippen molar-refractivity contribution in [2.75, 3.05) is 19.7 Å². The molecule has 4 saturated carbocycles. The van der Waals surface area contributed by atoms with E-state index in [0.717, 1.165) is 24.3 Å². The lowest BCUT2D eigenvalue weighted by Gasteiger charge is -2.56. The molecule has 0 saturated heterocycles. The van der Waals surface area contributed by atoms with Gasteiger partial charge in [0.2, 0.25) is 0 Å². The second-order valence-corrected chi connectivity index (χ2v) is 7.10. The Morgan fingerprint density at radius 1 is 1.05 bits per heavy atom. The van der Waals surface area contributed by atoms with Gasteiger partial charge in [0.1, 0.15) is 0 Å². The first kappa shape index (κ1) is 13.2. The lowest BCUT2D eigenvalue weighted by Crippen LogP contribution is -2.52. The van der Waals surface area contributed by atoms with Crippen molar-refractivity contribution in [2.45, 2.75) is 44.9 Å². The third-order valence-electron chi connectivity index (χ3n) is 5.41. The summed E-state index contributed by atoms with van der Waals surface area (Å²) in [5.74, 6) is 2.81. The van der Waals surface area contributed by atoms with E-state index in [4.69, 9.17) is 5.11 Å². The number of urea groups is 1. The fraction of sp³-hybridized carbons (Fsp3) is 0.933. The second kappa shape index (κ2) is 5.31. The van der Waals surface area contributed by atoms with Gasteiger partial charge in [0.05, 0.1) is 0 Å². The summed E-state index contributed by atoms with van der Waals surface area (Å²) in [6.45, 7) is 1.54. The molecule has 4 aliphatic rings. The molecule has 0 spiro atoms. The molecule has 0 aromatic heterocycles. The molecule has 0 atom stereocenters. The van der Waals surface area contributed by atoms with Crippen molar-refractivity contribution in [3.8, 4) is 0 Å². The van der Waals surface area contributed by atoms with E-state index in [-0.39, 0.29) is 12.6 Å². The van der Waals surface area contributed by atoms with Crippen LogP contribution in [0.4, 0.5) is 4.79 Å². The summed E-state index contributed by atoms with van der Waals surface area (Å²) in [6, 6.07) is -0.0656. The zero-order chi connectivity index (χ0) is 13.3. The van der Waals surface area contributed by atoms with E-state index in [1.54, 1.807) is 0 Å². The van der Waals surface area contributed by atoms with Crippen LogP contribution >= 0.6 is 0 Å². The van der Waals surface area contributed by atoms with Gasteiger partial charge in [-0.2, -0.15) is 0 Å². The molecule has 4 rings (SSSR count). The van der Waals surface area contributed by atoms with E-state index in [2.05, 4.69) is 10.6 Å². The maximum atomic E-state index is 11.7. The highest BCUT2D eigenvalue weighted by molar-refractivity contribution is 5.73. The third kappa shape index (κ3) is 2.88. The molecule has 0 heterocycles. The first-order valence-corrected chi connectivity index (χ1v) is 7.82. The first-order chi connectivity index (χ1) is 9.19. The van der Waals surface area contributed by atoms with Crippen LogP contribution in [0.15, 0.2) is 0 Å². The topological polar surface area (TPSA) is 61.4 Å². The van der Waals surface area contributed by atoms with Gasteiger partial charge in [0, 0.05) is 19.7 Å². The average molecular weight is 266 g/mol. The number of carbonyl (C=O) groups is 1. The molecule has 2 amide bonds. The van der Waals surface area contributed by atoms with Gasteiger partial charge in [-0.1, -0.05) is 0 Å². The van der Waals surface area contributed by atoms with Crippen molar-refractivity contribution in [1.82, 2.24) is 10.6 Å². The van der Waals surface area contributed by atoms with Crippen LogP contribution in [0.25, 0.3) is 0 Å². The molecule has 4 bridgehead atoms. The van der Waals surface area contributed by atoms with Crippen molar-refractivity contribution in [3.63, 3.8) is 0 Å². The van der Waals surface area contributed by atoms with Crippen LogP contribution in [0, 0.1) is 23.2 Å². The zero-order valence-corrected chi connectivity index (χ0v) is 11.7. The molecule has 108 valence electrons. The van der Waals surface area contributed by atoms with Gasteiger partial charge in [-0.25, -0.2) is 4.79 Å². The Balaban J connectivity index is 1.48. The molecule has 4 aliphatic carbocycles. The first-order valence-electron chi connectivity index (χ1n) is 7.82. The summed E-state index contributed by atoms with van der Waals surface area (Å²) >= 11 is 0. The van der Waals surface area contributed by atoms with E-state index in [0.29, 0.717) is 18.4 Å². The van der Waals surface area contributed by atoms with Gasteiger partial charge in [-0.05, 0) is 68.1 Å². The molecule has 3 N–H and O–H groups in total. The van der Waals surface area contributed by atoms with E-state index >= 15 is 0 Å². The fourth-order valence-electron chi connectivity index (χ4n) is 5.12. The normalized spacial score (nSPS) is 39.3. The Kier molecular flexibility index (Phi) is 3.70. The standard InChI is InChI=1S/C15H26N2O2/c18-3-1-2-16-14(19)17-10-15-7-11-4-12(8-15)6-13(5-11)9-15/h11-13,18H,1-10H2,(H2,16,17,19). The Labute approximate surface area is 115 Å². The number of hydrogen-bond donors (Lipinski definition) is 3. The minimum atomic E-state index is -0.0656. The minimum absolute atomic E-state index is 0.0656. The predicted octanol–water partition coefficient (Wildman–Crippen LogP) is 1.88. The Morgan fingerprint density at radius 3 is 2.16 bits per heavy atom. The van der Waals surface area contributed by atoms with Crippen molar-refractivity contribution in [3.05, 3.63) is 0 Å². The summed E-state index contributed by atoms with van der Waals surface area (Å²) in [5.41, 5.74) is 0.406. The molecule has 0 radical (unpaired) electrons. The monoisotopic (exact) mass is 266 g/mol. The van der Waals surface area contributed by atoms with Gasteiger partial charge in [0.15, 0.2) is 0 Å². The van der Waals surface area contributed by atoms with Gasteiger partial charge in [-0.15, -0.1) is 0 Å². The van der Waals surface area contributed by atoms with Crippen LogP contribution in [0.2, 0.25) is 0 Å². The number of aliphatic hydroxyl groups excluding tert-OH is 1. The minimum Gasteiger partial charge on any atom is -0.396 e. The largest absolute Gasteiger partial charge is 0.396 e. The Bertz CT molecular complexity index is 308. The summed E-state index contributed by atoms with van der Waals surface area (Å²) in [7, 11) is 0. The third-order valence-corrected chi connectivity index (χ3v) is 5.41. The van der Waals surface area contributed by atoms with E-state index in [1.807, 2.05) is 0 Å². The SMILES string of the molecule is O=C(NCCCO)NCC12CC3CC(CC(C3)C1)C2. The quantitative estimate of drug-likeness (QED) is 0.665. The van der Waals surface area contributed by atoms with Crippen LogP contribution in [0.3, 0.4) is 0 Å². The van der Waals surface area contributed by atoms with Gasteiger partial charge in [0.25, 0.3) is 0 Å². The van der Waals surface area contributed by atoms with Crippen molar-refractivity contribution in [1.29, 1.82) is 0 Å². The molecule has 0 aromatic rings. The summed E-state index contributed by atoms with van der Waals surface area (Å²) in [4.78, 5) is 11.7. The smallest absolute Gasteiger partial charge is 0.314 e. The summed E-state index contributed by atoms with van der Waals surface area (Å²) < 4.78 is 0. The molecule has 4 heteroatoms. The van der Waals surface area contributed by atoms with Crippen molar-refractivity contribution in [2.24, 2.45) is 23.2 Å². The van der Waals surface area contributed by atoms with Crippen molar-refractivity contribution >= 4 is 6.03 Å². The molecule has 19 heavy (non-hydrogen) atoms. The number of hydrogen-bond acceptors (Lipinski definition) is 2. The molecule has 0 aromatic carbocycles. The van der Waals surface area contributed by atoms with Crippen LogP contribution < -0.4 is 10.6 Å². The molecular formula is C15H26N2O2. The van der Waals surface area contributed by atoms with E-state index in [9.17, 15) is 4.79 Å². The fourth-order valence-corrected chi connectivity index (χ4v) is 5.12. The number of nitrogens with one attached hydrogen (secondary N) is 2. The van der Waals surface area contributed by atoms with Crippen LogP contribution in [-0.2, 0) is 0 Å². The van der Waals surface area contributed by atoms with Gasteiger partial charge in [-0.3, -0.25) is 0 Å².